The molecule has 0 fully saturated rings. The van der Waals surface area contributed by atoms with E-state index in [1.54, 1.807) is 0 Å². The molecular weight excluding hydrogens is 452 g/mol. The number of hydrogen-bond acceptors (Lipinski definition) is 12. The van der Waals surface area contributed by atoms with Gasteiger partial charge in [-0.2, -0.15) is 4.89 Å². The van der Waals surface area contributed by atoms with Crippen LogP contribution in [0.25, 0.3) is 0 Å². The smallest absolute Gasteiger partial charge is 0.321 e. The minimum absolute atomic E-state index is 0.112. The number of esters is 1. The van der Waals surface area contributed by atoms with E-state index in [0.717, 1.165) is 24.3 Å². The van der Waals surface area contributed by atoms with Crippen LogP contribution in [0.15, 0.2) is 36.4 Å². The van der Waals surface area contributed by atoms with Gasteiger partial charge < -0.3 is 9.62 Å². The maximum atomic E-state index is 11.9. The number of non-ortho nitro benzene ring substituents is 2. The molecule has 2 aromatic rings. The lowest BCUT2D eigenvalue weighted by Crippen LogP contribution is -2.10. The molecule has 16 heteroatoms. The summed E-state index contributed by atoms with van der Waals surface area (Å²) >= 11 is 0. The highest BCUT2D eigenvalue weighted by Gasteiger charge is 2.23. The van der Waals surface area contributed by atoms with Crippen molar-refractivity contribution < 1.29 is 39.0 Å². The first-order valence-electron chi connectivity index (χ1n) is 8.96. The Balaban J connectivity index is 1.82. The SMILES string of the molecule is O=C(CCCCOOc1ccc([N+](=O)[O-])cc1[N+](=O)[O-])Oc1ccc([N+](=O)[O-])cc1[N+](=O)[O-]. The van der Waals surface area contributed by atoms with Crippen molar-refractivity contribution in [1.82, 2.24) is 0 Å². The number of nitrogens with zero attached hydrogens (tertiary/aromatic N) is 4. The first kappa shape index (κ1) is 24.5. The molecule has 0 aliphatic carbocycles. The lowest BCUT2D eigenvalue weighted by Gasteiger charge is -2.06. The molecule has 0 heterocycles. The Bertz CT molecular complexity index is 1100. The van der Waals surface area contributed by atoms with Gasteiger partial charge in [-0.15, -0.1) is 0 Å². The van der Waals surface area contributed by atoms with E-state index in [4.69, 9.17) is 14.5 Å². The van der Waals surface area contributed by atoms with Crippen LogP contribution in [0, 0.1) is 40.5 Å². The molecular formula is C17H14N4O12. The summed E-state index contributed by atoms with van der Waals surface area (Å²) in [6.45, 7) is -0.112. The number of hydrogen-bond donors (Lipinski definition) is 0. The van der Waals surface area contributed by atoms with Gasteiger partial charge in [0.15, 0.2) is 0 Å². The van der Waals surface area contributed by atoms with Crippen molar-refractivity contribution in [2.24, 2.45) is 0 Å². The summed E-state index contributed by atoms with van der Waals surface area (Å²) in [6.07, 6.45) is 0.221. The summed E-state index contributed by atoms with van der Waals surface area (Å²) in [5, 5.41) is 43.4. The highest BCUT2D eigenvalue weighted by Crippen LogP contribution is 2.32. The Labute approximate surface area is 182 Å². The highest BCUT2D eigenvalue weighted by molar-refractivity contribution is 5.74. The van der Waals surface area contributed by atoms with E-state index < -0.39 is 54.2 Å². The third-order valence-electron chi connectivity index (χ3n) is 3.93. The van der Waals surface area contributed by atoms with E-state index in [0.29, 0.717) is 12.1 Å². The molecule has 0 saturated carbocycles. The van der Waals surface area contributed by atoms with Gasteiger partial charge in [0.05, 0.1) is 38.4 Å². The molecule has 174 valence electrons. The zero-order valence-corrected chi connectivity index (χ0v) is 16.5. The second-order valence-corrected chi connectivity index (χ2v) is 6.17. The Morgan fingerprint density at radius 2 is 1.24 bits per heavy atom. The number of carbonyl (C=O) groups excluding carboxylic acids is 1. The van der Waals surface area contributed by atoms with Gasteiger partial charge in [0, 0.05) is 18.6 Å². The number of carbonyl (C=O) groups is 1. The molecule has 0 bridgehead atoms. The third kappa shape index (κ3) is 6.89. The molecule has 2 rings (SSSR count). The van der Waals surface area contributed by atoms with Crippen molar-refractivity contribution in [3.63, 3.8) is 0 Å². The maximum absolute atomic E-state index is 11.9. The molecule has 33 heavy (non-hydrogen) atoms. The van der Waals surface area contributed by atoms with E-state index in [1.165, 1.54) is 0 Å². The van der Waals surface area contributed by atoms with Crippen LogP contribution in [0.5, 0.6) is 11.5 Å². The fraction of sp³-hybridized carbons (Fsp3) is 0.235. The molecule has 0 radical (unpaired) electrons. The predicted octanol–water partition coefficient (Wildman–Crippen LogP) is 3.41. The summed E-state index contributed by atoms with van der Waals surface area (Å²) < 4.78 is 4.88. The largest absolute Gasteiger partial charge is 0.419 e. The van der Waals surface area contributed by atoms with Crippen LogP contribution in [-0.4, -0.2) is 32.3 Å². The summed E-state index contributed by atoms with van der Waals surface area (Å²) in [5.74, 6) is -1.63. The second-order valence-electron chi connectivity index (χ2n) is 6.17. The van der Waals surface area contributed by atoms with Gasteiger partial charge >= 0.3 is 17.3 Å². The van der Waals surface area contributed by atoms with Gasteiger partial charge in [-0.05, 0) is 25.0 Å². The average molecular weight is 466 g/mol. The first-order valence-corrected chi connectivity index (χ1v) is 8.96. The standard InChI is InChI=1S/C17H14N4O12/c22-17(32-15-6-4-11(18(23)24)9-13(15)20(27)28)3-1-2-8-31-33-16-7-5-12(19(25)26)10-14(16)21(29)30/h4-7,9-10H,1-3,8H2. The van der Waals surface area contributed by atoms with Crippen molar-refractivity contribution >= 4 is 28.7 Å². The van der Waals surface area contributed by atoms with E-state index >= 15 is 0 Å². The zero-order valence-electron chi connectivity index (χ0n) is 16.5. The molecule has 0 saturated heterocycles. The average Bonchev–Trinajstić information content (AvgIpc) is 2.75. The fourth-order valence-electron chi connectivity index (χ4n) is 2.39. The summed E-state index contributed by atoms with van der Waals surface area (Å²) in [5.41, 5.74) is -2.44. The molecule has 2 aromatic carbocycles. The highest BCUT2D eigenvalue weighted by atomic mass is 17.2. The molecule has 16 nitrogen and oxygen atoms in total. The number of ether oxygens (including phenoxy) is 1. The van der Waals surface area contributed by atoms with Crippen molar-refractivity contribution in [3.05, 3.63) is 76.9 Å². The lowest BCUT2D eigenvalue weighted by atomic mass is 10.2. The van der Waals surface area contributed by atoms with Gasteiger partial charge in [0.25, 0.3) is 11.4 Å². The Morgan fingerprint density at radius 1 is 0.727 bits per heavy atom. The lowest BCUT2D eigenvalue weighted by molar-refractivity contribution is -0.396. The van der Waals surface area contributed by atoms with Gasteiger partial charge in [0.2, 0.25) is 11.5 Å². The molecule has 0 aromatic heterocycles. The molecule has 0 aliphatic heterocycles. The van der Waals surface area contributed by atoms with E-state index in [1.807, 2.05) is 0 Å². The first-order chi connectivity index (χ1) is 15.6. The molecule has 0 unspecified atom stereocenters. The summed E-state index contributed by atoms with van der Waals surface area (Å²) in [7, 11) is 0. The van der Waals surface area contributed by atoms with E-state index in [2.05, 4.69) is 0 Å². The van der Waals surface area contributed by atoms with Crippen LogP contribution in [0.2, 0.25) is 0 Å². The van der Waals surface area contributed by atoms with Crippen LogP contribution in [-0.2, 0) is 9.68 Å². The van der Waals surface area contributed by atoms with Crippen molar-refractivity contribution in [2.75, 3.05) is 6.61 Å². The van der Waals surface area contributed by atoms with Gasteiger partial charge in [-0.25, -0.2) is 0 Å². The van der Waals surface area contributed by atoms with Crippen LogP contribution >= 0.6 is 0 Å². The predicted molar refractivity (Wildman–Crippen MR) is 106 cm³/mol. The normalized spacial score (nSPS) is 10.3. The van der Waals surface area contributed by atoms with Crippen LogP contribution in [0.1, 0.15) is 19.3 Å². The minimum Gasteiger partial charge on any atom is -0.419 e. The van der Waals surface area contributed by atoms with Gasteiger partial charge in [-0.3, -0.25) is 45.3 Å². The number of nitro groups is 4. The second kappa shape index (κ2) is 11.0. The molecule has 0 amide bonds. The molecule has 0 spiro atoms. The van der Waals surface area contributed by atoms with E-state index in [9.17, 15) is 45.3 Å². The molecule has 0 aliphatic rings. The van der Waals surface area contributed by atoms with Crippen molar-refractivity contribution in [1.29, 1.82) is 0 Å². The monoisotopic (exact) mass is 466 g/mol. The third-order valence-corrected chi connectivity index (χ3v) is 3.93. The van der Waals surface area contributed by atoms with Crippen LogP contribution in [0.4, 0.5) is 22.7 Å². The van der Waals surface area contributed by atoms with Crippen LogP contribution < -0.4 is 9.62 Å². The number of nitro benzene ring substituents is 4. The Hall–Kier alpha value is -4.73. The quantitative estimate of drug-likeness (QED) is 0.110. The Morgan fingerprint density at radius 3 is 1.76 bits per heavy atom. The Kier molecular flexibility index (Phi) is 8.22. The molecule has 0 atom stereocenters. The topological polar surface area (TPSA) is 217 Å². The number of rotatable bonds is 12. The number of unbranched alkanes of at least 4 members (excludes halogenated alkanes) is 1. The fourth-order valence-corrected chi connectivity index (χ4v) is 2.39. The van der Waals surface area contributed by atoms with Gasteiger partial charge in [0.1, 0.15) is 0 Å². The van der Waals surface area contributed by atoms with Gasteiger partial charge in [-0.1, -0.05) is 0 Å². The molecule has 0 N–H and O–H groups in total. The summed E-state index contributed by atoms with van der Waals surface area (Å²) in [4.78, 5) is 61.5. The van der Waals surface area contributed by atoms with Crippen molar-refractivity contribution in [3.8, 4) is 11.5 Å². The maximum Gasteiger partial charge on any atom is 0.321 e. The number of benzene rings is 2. The minimum atomic E-state index is -0.918. The van der Waals surface area contributed by atoms with E-state index in [-0.39, 0.29) is 31.6 Å². The van der Waals surface area contributed by atoms with Crippen molar-refractivity contribution in [2.45, 2.75) is 19.3 Å². The van der Waals surface area contributed by atoms with Crippen LogP contribution in [0.3, 0.4) is 0 Å². The zero-order chi connectivity index (χ0) is 24.5. The summed E-state index contributed by atoms with van der Waals surface area (Å²) in [6, 6.07) is 5.29.